The van der Waals surface area contributed by atoms with E-state index in [9.17, 15) is 0 Å². The summed E-state index contributed by atoms with van der Waals surface area (Å²) in [6.07, 6.45) is 3.75. The molecule has 3 rings (SSSR count). The van der Waals surface area contributed by atoms with Crippen LogP contribution >= 0.6 is 12.2 Å². The Balaban J connectivity index is 1.95. The Kier molecular flexibility index (Phi) is 3.83. The van der Waals surface area contributed by atoms with Crippen molar-refractivity contribution in [2.24, 2.45) is 0 Å². The zero-order valence-corrected chi connectivity index (χ0v) is 12.4. The average Bonchev–Trinajstić information content (AvgIpc) is 2.90. The van der Waals surface area contributed by atoms with E-state index in [2.05, 4.69) is 26.7 Å². The molecule has 0 aliphatic heterocycles. The number of pyridine rings is 1. The van der Waals surface area contributed by atoms with E-state index in [-0.39, 0.29) is 0 Å². The molecule has 0 aliphatic carbocycles. The van der Waals surface area contributed by atoms with Gasteiger partial charge in [-0.2, -0.15) is 0 Å². The van der Waals surface area contributed by atoms with Gasteiger partial charge in [0.25, 0.3) is 0 Å². The molecule has 1 aromatic carbocycles. The Morgan fingerprint density at radius 2 is 2.00 bits per heavy atom. The molecule has 2 heterocycles. The molecule has 0 unspecified atom stereocenters. The van der Waals surface area contributed by atoms with Crippen LogP contribution in [0.15, 0.2) is 54.9 Å². The predicted molar refractivity (Wildman–Crippen MR) is 84.9 cm³/mol. The Labute approximate surface area is 128 Å². The van der Waals surface area contributed by atoms with Crippen LogP contribution in [0.4, 0.5) is 0 Å². The van der Waals surface area contributed by atoms with Crippen molar-refractivity contribution < 1.29 is 4.74 Å². The number of methoxy groups -OCH3 is 1. The first-order valence-corrected chi connectivity index (χ1v) is 7.01. The highest BCUT2D eigenvalue weighted by Gasteiger charge is 2.07. The van der Waals surface area contributed by atoms with E-state index in [1.807, 2.05) is 42.7 Å². The molecular weight excluding hydrogens is 282 g/mol. The summed E-state index contributed by atoms with van der Waals surface area (Å²) in [6, 6.07) is 14.0. The molecule has 0 fully saturated rings. The summed E-state index contributed by atoms with van der Waals surface area (Å²) in [6.45, 7) is 0.670. The Morgan fingerprint density at radius 1 is 1.19 bits per heavy atom. The normalized spacial score (nSPS) is 10.5. The summed E-state index contributed by atoms with van der Waals surface area (Å²) in [5.41, 5.74) is 3.27. The van der Waals surface area contributed by atoms with Gasteiger partial charge in [0.1, 0.15) is 0 Å². The molecule has 3 aromatic rings. The lowest BCUT2D eigenvalue weighted by atomic mass is 10.1. The molecule has 106 valence electrons. The monoisotopic (exact) mass is 297 g/mol. The molecule has 0 aliphatic rings. The van der Waals surface area contributed by atoms with Crippen molar-refractivity contribution in [2.45, 2.75) is 6.54 Å². The fourth-order valence-corrected chi connectivity index (χ4v) is 2.43. The summed E-state index contributed by atoms with van der Waals surface area (Å²) in [7, 11) is 1.61. The van der Waals surface area contributed by atoms with Gasteiger partial charge in [-0.3, -0.25) is 0 Å². The van der Waals surface area contributed by atoms with Crippen LogP contribution in [0.5, 0.6) is 5.88 Å². The number of ether oxygens (including phenoxy) is 1. The van der Waals surface area contributed by atoms with Gasteiger partial charge in [0, 0.05) is 18.5 Å². The van der Waals surface area contributed by atoms with Crippen LogP contribution in [0, 0.1) is 4.77 Å². The van der Waals surface area contributed by atoms with E-state index in [0.29, 0.717) is 17.2 Å². The first-order chi connectivity index (χ1) is 10.3. The Hall–Kier alpha value is -2.40. The summed E-state index contributed by atoms with van der Waals surface area (Å²) in [5, 5.41) is 0. The molecule has 21 heavy (non-hydrogen) atoms. The van der Waals surface area contributed by atoms with Gasteiger partial charge in [0.2, 0.25) is 5.88 Å². The number of hydrogen-bond acceptors (Lipinski definition) is 3. The smallest absolute Gasteiger partial charge is 0.212 e. The van der Waals surface area contributed by atoms with Gasteiger partial charge in [0.15, 0.2) is 4.77 Å². The van der Waals surface area contributed by atoms with Crippen LogP contribution in [0.1, 0.15) is 5.56 Å². The summed E-state index contributed by atoms with van der Waals surface area (Å²) in [5.74, 6) is 0.611. The molecule has 4 nitrogen and oxygen atoms in total. The first-order valence-electron chi connectivity index (χ1n) is 6.60. The zero-order chi connectivity index (χ0) is 14.7. The van der Waals surface area contributed by atoms with Crippen molar-refractivity contribution in [3.63, 3.8) is 0 Å². The molecule has 0 saturated heterocycles. The number of benzene rings is 1. The topological polar surface area (TPSA) is 42.8 Å². The fraction of sp³-hybridized carbons (Fsp3) is 0.125. The Bertz CT molecular complexity index is 775. The predicted octanol–water partition coefficient (Wildman–Crippen LogP) is 3.66. The van der Waals surface area contributed by atoms with E-state index >= 15 is 0 Å². The van der Waals surface area contributed by atoms with Crippen molar-refractivity contribution in [3.8, 4) is 17.1 Å². The number of aromatic nitrogens is 3. The highest BCUT2D eigenvalue weighted by atomic mass is 32.1. The van der Waals surface area contributed by atoms with Crippen molar-refractivity contribution in [3.05, 3.63) is 65.2 Å². The molecule has 0 amide bonds. The SMILES string of the molecule is COc1ccc(Cn2c(-c3ccccc3)c[nH]c2=S)cn1. The number of nitrogens with one attached hydrogen (secondary N) is 1. The minimum absolute atomic E-state index is 0.611. The standard InChI is InChI=1S/C16H15N3OS/c1-20-15-8-7-12(9-17-15)11-19-14(10-18-16(19)21)13-5-3-2-4-6-13/h2-10H,11H2,1H3,(H,18,21). The summed E-state index contributed by atoms with van der Waals surface area (Å²) >= 11 is 5.38. The number of rotatable bonds is 4. The third-order valence-corrected chi connectivity index (χ3v) is 3.62. The highest BCUT2D eigenvalue weighted by Crippen LogP contribution is 2.20. The van der Waals surface area contributed by atoms with Crippen molar-refractivity contribution in [2.75, 3.05) is 7.11 Å². The Morgan fingerprint density at radius 3 is 2.67 bits per heavy atom. The van der Waals surface area contributed by atoms with Crippen LogP contribution in [-0.4, -0.2) is 21.6 Å². The fourth-order valence-electron chi connectivity index (χ4n) is 2.21. The highest BCUT2D eigenvalue weighted by molar-refractivity contribution is 7.71. The van der Waals surface area contributed by atoms with E-state index in [1.54, 1.807) is 7.11 Å². The largest absolute Gasteiger partial charge is 0.481 e. The lowest BCUT2D eigenvalue weighted by Crippen LogP contribution is -2.02. The number of imidazole rings is 1. The van der Waals surface area contributed by atoms with Gasteiger partial charge in [-0.1, -0.05) is 36.4 Å². The molecular formula is C16H15N3OS. The van der Waals surface area contributed by atoms with Crippen LogP contribution in [0.3, 0.4) is 0 Å². The maximum atomic E-state index is 5.38. The minimum Gasteiger partial charge on any atom is -0.481 e. The number of aromatic amines is 1. The number of hydrogen-bond donors (Lipinski definition) is 1. The molecule has 1 N–H and O–H groups in total. The van der Waals surface area contributed by atoms with Gasteiger partial charge in [-0.05, 0) is 23.3 Å². The molecule has 0 atom stereocenters. The molecule has 0 radical (unpaired) electrons. The molecule has 2 aromatic heterocycles. The molecule has 0 spiro atoms. The number of H-pyrrole nitrogens is 1. The van der Waals surface area contributed by atoms with Crippen LogP contribution in [0.2, 0.25) is 0 Å². The van der Waals surface area contributed by atoms with Gasteiger partial charge < -0.3 is 14.3 Å². The molecule has 0 bridgehead atoms. The lowest BCUT2D eigenvalue weighted by Gasteiger charge is -2.09. The quantitative estimate of drug-likeness (QED) is 0.747. The van der Waals surface area contributed by atoms with Gasteiger partial charge in [0.05, 0.1) is 19.3 Å². The third kappa shape index (κ3) is 2.87. The first kappa shape index (κ1) is 13.6. The van der Waals surface area contributed by atoms with E-state index in [1.165, 1.54) is 0 Å². The second kappa shape index (κ2) is 5.93. The van der Waals surface area contributed by atoms with Crippen LogP contribution in [-0.2, 0) is 6.54 Å². The summed E-state index contributed by atoms with van der Waals surface area (Å²) in [4.78, 5) is 7.34. The van der Waals surface area contributed by atoms with Gasteiger partial charge in [-0.25, -0.2) is 4.98 Å². The van der Waals surface area contributed by atoms with E-state index < -0.39 is 0 Å². The molecule has 5 heteroatoms. The lowest BCUT2D eigenvalue weighted by molar-refractivity contribution is 0.397. The zero-order valence-electron chi connectivity index (χ0n) is 11.6. The maximum Gasteiger partial charge on any atom is 0.212 e. The number of nitrogens with zero attached hydrogens (tertiary/aromatic N) is 2. The van der Waals surface area contributed by atoms with Crippen LogP contribution < -0.4 is 4.74 Å². The average molecular weight is 297 g/mol. The minimum atomic E-state index is 0.611. The van der Waals surface area contributed by atoms with E-state index in [0.717, 1.165) is 16.8 Å². The second-order valence-corrected chi connectivity index (χ2v) is 5.03. The van der Waals surface area contributed by atoms with Gasteiger partial charge in [-0.15, -0.1) is 0 Å². The summed E-state index contributed by atoms with van der Waals surface area (Å²) < 4.78 is 7.84. The second-order valence-electron chi connectivity index (χ2n) is 4.64. The van der Waals surface area contributed by atoms with E-state index in [4.69, 9.17) is 17.0 Å². The molecule has 0 saturated carbocycles. The van der Waals surface area contributed by atoms with Crippen molar-refractivity contribution in [1.82, 2.24) is 14.5 Å². The van der Waals surface area contributed by atoms with Crippen molar-refractivity contribution >= 4 is 12.2 Å². The maximum absolute atomic E-state index is 5.38. The van der Waals surface area contributed by atoms with Gasteiger partial charge >= 0.3 is 0 Å². The van der Waals surface area contributed by atoms with Crippen molar-refractivity contribution in [1.29, 1.82) is 0 Å². The van der Waals surface area contributed by atoms with Crippen LogP contribution in [0.25, 0.3) is 11.3 Å². The third-order valence-electron chi connectivity index (χ3n) is 3.29.